The molecule has 0 amide bonds. The van der Waals surface area contributed by atoms with E-state index in [-0.39, 0.29) is 71.7 Å². The van der Waals surface area contributed by atoms with E-state index in [4.69, 9.17) is 4.74 Å². The Bertz CT molecular complexity index is 2150. The number of methoxy groups -OCH3 is 1. The maximum atomic E-state index is 13.8. The number of aromatic amines is 1. The molecule has 218 valence electrons. The first-order valence-electron chi connectivity index (χ1n) is 13.5. The van der Waals surface area contributed by atoms with Crippen LogP contribution < -0.4 is 73.1 Å². The molecule has 3 aromatic carbocycles. The molecule has 44 heavy (non-hydrogen) atoms. The van der Waals surface area contributed by atoms with Gasteiger partial charge in [-0.05, 0) is 53.4 Å². The first kappa shape index (κ1) is 31.8. The summed E-state index contributed by atoms with van der Waals surface area (Å²) in [6, 6.07) is 23.5. The van der Waals surface area contributed by atoms with Crippen LogP contribution in [-0.4, -0.2) is 32.2 Å². The molecule has 0 fully saturated rings. The number of nitrogens with zero attached hydrogens (tertiary/aromatic N) is 3. The second-order valence-electron chi connectivity index (χ2n) is 9.88. The topological polar surface area (TPSA) is 129 Å². The number of H-pyrrole nitrogens is 1. The van der Waals surface area contributed by atoms with Gasteiger partial charge in [-0.25, -0.2) is 9.59 Å². The van der Waals surface area contributed by atoms with Crippen LogP contribution in [-0.2, 0) is 19.5 Å². The van der Waals surface area contributed by atoms with Gasteiger partial charge in [-0.2, -0.15) is 0 Å². The molecule has 12 heteroatoms. The van der Waals surface area contributed by atoms with Crippen LogP contribution in [0, 0.1) is 0 Å². The average Bonchev–Trinajstić information content (AvgIpc) is 3.68. The van der Waals surface area contributed by atoms with Gasteiger partial charge in [0.2, 0.25) is 0 Å². The number of Topliss-reactive ketones (excluding diaryl/α,β-unsaturated/α-hetero) is 1. The number of rotatable bonds is 9. The normalized spacial score (nSPS) is 11.0. The van der Waals surface area contributed by atoms with Crippen LogP contribution in [0.15, 0.2) is 97.8 Å². The molecule has 3 aromatic heterocycles. The summed E-state index contributed by atoms with van der Waals surface area (Å²) in [5.74, 6) is -0.0566. The van der Waals surface area contributed by atoms with Crippen LogP contribution in [0.3, 0.4) is 0 Å². The Balaban J connectivity index is 0.00000230. The Morgan fingerprint density at radius 2 is 1.68 bits per heavy atom. The van der Waals surface area contributed by atoms with Crippen molar-refractivity contribution in [3.8, 4) is 28.3 Å². The Kier molecular flexibility index (Phi) is 9.78. The van der Waals surface area contributed by atoms with E-state index < -0.39 is 17.0 Å². The quantitative estimate of drug-likeness (QED) is 0.190. The second-order valence-corrected chi connectivity index (χ2v) is 11.0. The van der Waals surface area contributed by atoms with Crippen molar-refractivity contribution in [3.05, 3.63) is 126 Å². The van der Waals surface area contributed by atoms with Gasteiger partial charge in [0.05, 0.1) is 25.6 Å². The number of benzene rings is 3. The molecule has 0 radical (unpaired) electrons. The van der Waals surface area contributed by atoms with E-state index in [0.717, 1.165) is 26.1 Å². The summed E-state index contributed by atoms with van der Waals surface area (Å²) in [4.78, 5) is 56.0. The molecule has 0 saturated heterocycles. The largest absolute Gasteiger partial charge is 1.00 e. The molecular formula is C32H27KN4O6S. The number of ether oxygens (including phenoxy) is 1. The molecular weight excluding hydrogens is 608 g/mol. The van der Waals surface area contributed by atoms with Gasteiger partial charge in [0, 0.05) is 16.0 Å². The van der Waals surface area contributed by atoms with Crippen molar-refractivity contribution >= 4 is 27.3 Å². The van der Waals surface area contributed by atoms with Crippen LogP contribution in [0.5, 0.6) is 5.75 Å². The number of hydrogen-bond donors (Lipinski definition) is 1. The van der Waals surface area contributed by atoms with E-state index in [9.17, 15) is 19.2 Å². The average molecular weight is 635 g/mol. The van der Waals surface area contributed by atoms with Crippen molar-refractivity contribution in [3.63, 3.8) is 0 Å². The summed E-state index contributed by atoms with van der Waals surface area (Å²) in [5.41, 5.74) is 2.61. The number of hydrogen-bond acceptors (Lipinski definition) is 8. The summed E-state index contributed by atoms with van der Waals surface area (Å²) < 4.78 is 12.4. The third-order valence-corrected chi connectivity index (χ3v) is 8.54. The smallest absolute Gasteiger partial charge is 1.00 e. The Morgan fingerprint density at radius 3 is 2.32 bits per heavy atom. The number of nitrogens with one attached hydrogen (secondary N) is 1. The third kappa shape index (κ3) is 6.27. The molecule has 0 aliphatic rings. The maximum Gasteiger partial charge on any atom is 1.00 e. The van der Waals surface area contributed by atoms with Crippen molar-refractivity contribution in [1.82, 2.24) is 19.3 Å². The summed E-state index contributed by atoms with van der Waals surface area (Å²) in [6.45, 7) is 1.82. The van der Waals surface area contributed by atoms with Gasteiger partial charge in [-0.3, -0.25) is 28.2 Å². The summed E-state index contributed by atoms with van der Waals surface area (Å²) in [5, 5.41) is 4.23. The minimum atomic E-state index is -0.635. The predicted octanol–water partition coefficient (Wildman–Crippen LogP) is 1.85. The van der Waals surface area contributed by atoms with Crippen molar-refractivity contribution in [2.75, 3.05) is 7.11 Å². The predicted molar refractivity (Wildman–Crippen MR) is 165 cm³/mol. The van der Waals surface area contributed by atoms with Gasteiger partial charge in [0.1, 0.15) is 10.6 Å². The molecule has 0 aliphatic carbocycles. The van der Waals surface area contributed by atoms with Crippen LogP contribution in [0.4, 0.5) is 0 Å². The summed E-state index contributed by atoms with van der Waals surface area (Å²) in [7, 11) is 1.54. The van der Waals surface area contributed by atoms with Gasteiger partial charge >= 0.3 is 62.8 Å². The molecule has 0 bridgehead atoms. The number of ketones is 1. The van der Waals surface area contributed by atoms with Crippen LogP contribution in [0.1, 0.15) is 29.1 Å². The van der Waals surface area contributed by atoms with E-state index in [1.54, 1.807) is 34.9 Å². The fourth-order valence-corrected chi connectivity index (χ4v) is 6.05. The fourth-order valence-electron chi connectivity index (χ4n) is 4.97. The van der Waals surface area contributed by atoms with E-state index in [2.05, 4.69) is 14.7 Å². The van der Waals surface area contributed by atoms with Crippen LogP contribution >= 0.6 is 11.3 Å². The molecule has 0 aliphatic heterocycles. The van der Waals surface area contributed by atoms with Crippen molar-refractivity contribution in [2.24, 2.45) is 0 Å². The first-order chi connectivity index (χ1) is 20.9. The first-order valence-corrected chi connectivity index (χ1v) is 14.4. The molecule has 6 aromatic rings. The van der Waals surface area contributed by atoms with Crippen molar-refractivity contribution < 1.29 is 66.9 Å². The van der Waals surface area contributed by atoms with Crippen molar-refractivity contribution in [1.29, 1.82) is 0 Å². The monoisotopic (exact) mass is 634 g/mol. The Labute approximate surface area is 298 Å². The van der Waals surface area contributed by atoms with E-state index >= 15 is 0 Å². The van der Waals surface area contributed by atoms with Gasteiger partial charge in [-0.15, -0.1) is 11.3 Å². The number of fused-ring (bicyclic) bond motifs is 1. The maximum absolute atomic E-state index is 13.8. The molecule has 10 nitrogen and oxygen atoms in total. The zero-order valence-electron chi connectivity index (χ0n) is 25.3. The molecule has 0 spiro atoms. The number of aryl methyl sites for hydroxylation is 1. The zero-order valence-corrected chi connectivity index (χ0v) is 28.3. The molecule has 3 heterocycles. The minimum Gasteiger partial charge on any atom is -1.00 e. The second kappa shape index (κ2) is 13.5. The Morgan fingerprint density at radius 1 is 0.977 bits per heavy atom. The Hall–Kier alpha value is -3.65. The number of aromatic nitrogens is 4. The SMILES string of the molecule is CCc1cc2c(=O)n(CC(=O)c3ccc(OC)cc3)c(=O)n(Cc3ccc(-c4ccccc4-c4noc(=O)[nH]4)cc3)c2s1.[H-].[K+]. The number of carbonyl (C=O) groups excluding carboxylic acids is 1. The third-order valence-electron chi connectivity index (χ3n) is 7.24. The molecule has 1 N–H and O–H groups in total. The summed E-state index contributed by atoms with van der Waals surface area (Å²) in [6.07, 6.45) is 0.711. The van der Waals surface area contributed by atoms with Crippen LogP contribution in [0.2, 0.25) is 0 Å². The zero-order chi connectivity index (χ0) is 30.1. The van der Waals surface area contributed by atoms with E-state index in [1.165, 1.54) is 18.4 Å². The minimum absolute atomic E-state index is 0. The molecule has 0 unspecified atom stereocenters. The number of thiophene rings is 1. The van der Waals surface area contributed by atoms with Gasteiger partial charge < -0.3 is 6.16 Å². The van der Waals surface area contributed by atoms with E-state index in [0.29, 0.717) is 39.3 Å². The molecule has 0 saturated carbocycles. The van der Waals surface area contributed by atoms with E-state index in [1.807, 2.05) is 55.5 Å². The fraction of sp³-hybridized carbons (Fsp3) is 0.156. The van der Waals surface area contributed by atoms with Gasteiger partial charge in [-0.1, -0.05) is 60.6 Å². The van der Waals surface area contributed by atoms with Gasteiger partial charge in [0.25, 0.3) is 5.56 Å². The van der Waals surface area contributed by atoms with Crippen molar-refractivity contribution in [2.45, 2.75) is 26.4 Å². The molecule has 0 atom stereocenters. The van der Waals surface area contributed by atoms with Gasteiger partial charge in [0.15, 0.2) is 11.6 Å². The molecule has 6 rings (SSSR count). The van der Waals surface area contributed by atoms with Crippen LogP contribution in [0.25, 0.3) is 32.7 Å². The number of carbonyl (C=O) groups is 1. The standard InChI is InChI=1S/C32H26N4O6S.K.H/c1-3-23-16-26-29(38)35(18-27(37)21-12-14-22(41-2)15-13-21)32(40)36(30(26)43-23)17-19-8-10-20(11-9-19)24-6-4-5-7-25(24)28-33-31(39)42-34-28;;/h4-16H,3,17-18H2,1-2H3,(H,33,34,39);;/q;+1;-1. The summed E-state index contributed by atoms with van der Waals surface area (Å²) >= 11 is 1.41.